The van der Waals surface area contributed by atoms with Gasteiger partial charge in [0.25, 0.3) is 0 Å². The third-order valence-electron chi connectivity index (χ3n) is 11.6. The van der Waals surface area contributed by atoms with Crippen LogP contribution in [0.3, 0.4) is 0 Å². The Morgan fingerprint density at radius 1 is 1.05 bits per heavy atom. The van der Waals surface area contributed by atoms with Crippen LogP contribution in [0.25, 0.3) is 0 Å². The lowest BCUT2D eigenvalue weighted by molar-refractivity contribution is -0.283. The SMILES string of the molecule is COc1ccc2c3c1O[C@@H]1C34CCN(CC3CC3)[C@H](C2)C42CC[C@@]1(OC)[C@@H](COCc1ccc(Cl)c(Cl)c1)C2. The Kier molecular flexibility index (Phi) is 5.66. The maximum Gasteiger partial charge on any atom is 0.165 e. The molecule has 0 N–H and O–H groups in total. The third kappa shape index (κ3) is 3.26. The van der Waals surface area contributed by atoms with E-state index in [4.69, 9.17) is 42.1 Å². The molecule has 4 bridgehead atoms. The number of ether oxygens (including phenoxy) is 4. The number of nitrogens with zero attached hydrogens (tertiary/aromatic N) is 1. The summed E-state index contributed by atoms with van der Waals surface area (Å²) in [6, 6.07) is 10.7. The van der Waals surface area contributed by atoms with Gasteiger partial charge < -0.3 is 18.9 Å². The highest BCUT2D eigenvalue weighted by molar-refractivity contribution is 6.42. The van der Waals surface area contributed by atoms with Crippen LogP contribution in [0.15, 0.2) is 30.3 Å². The number of fused-ring (bicyclic) bond motifs is 2. The fourth-order valence-electron chi connectivity index (χ4n) is 9.84. The summed E-state index contributed by atoms with van der Waals surface area (Å²) < 4.78 is 26.1. The highest BCUT2D eigenvalue weighted by Crippen LogP contribution is 2.76. The van der Waals surface area contributed by atoms with Crippen molar-refractivity contribution in [1.29, 1.82) is 0 Å². The summed E-state index contributed by atoms with van der Waals surface area (Å²) in [5, 5.41) is 1.14. The van der Waals surface area contributed by atoms with Crippen LogP contribution in [0.1, 0.15) is 55.2 Å². The zero-order valence-corrected chi connectivity index (χ0v) is 24.3. The van der Waals surface area contributed by atoms with Crippen molar-refractivity contribution in [1.82, 2.24) is 4.90 Å². The zero-order chi connectivity index (χ0) is 26.6. The molecule has 7 heteroatoms. The molecule has 5 aliphatic carbocycles. The van der Waals surface area contributed by atoms with Gasteiger partial charge in [0.05, 0.1) is 30.4 Å². The minimum atomic E-state index is -0.388. The van der Waals surface area contributed by atoms with Gasteiger partial charge in [-0.25, -0.2) is 0 Å². The molecule has 39 heavy (non-hydrogen) atoms. The highest BCUT2D eigenvalue weighted by Gasteiger charge is 2.80. The number of hydrogen-bond donors (Lipinski definition) is 0. The van der Waals surface area contributed by atoms with Crippen molar-refractivity contribution in [2.45, 2.75) is 74.7 Å². The van der Waals surface area contributed by atoms with Crippen LogP contribution in [0, 0.1) is 17.3 Å². The maximum atomic E-state index is 7.12. The van der Waals surface area contributed by atoms with Gasteiger partial charge in [-0.05, 0) is 86.7 Å². The van der Waals surface area contributed by atoms with Crippen molar-refractivity contribution < 1.29 is 18.9 Å². The van der Waals surface area contributed by atoms with Gasteiger partial charge in [0, 0.05) is 42.0 Å². The Balaban J connectivity index is 1.19. The van der Waals surface area contributed by atoms with Crippen molar-refractivity contribution in [2.24, 2.45) is 17.3 Å². The van der Waals surface area contributed by atoms with Crippen molar-refractivity contribution in [2.75, 3.05) is 33.9 Å². The first-order chi connectivity index (χ1) is 19.0. The summed E-state index contributed by atoms with van der Waals surface area (Å²) in [6.45, 7) is 3.55. The lowest BCUT2D eigenvalue weighted by atomic mass is 9.35. The maximum absolute atomic E-state index is 7.12. The number of hydrogen-bond acceptors (Lipinski definition) is 5. The second-order valence-corrected chi connectivity index (χ2v) is 13.8. The average molecular weight is 571 g/mol. The van der Waals surface area contributed by atoms with Gasteiger partial charge in [0.15, 0.2) is 11.5 Å². The molecule has 0 aromatic heterocycles. The molecule has 1 saturated heterocycles. The van der Waals surface area contributed by atoms with Crippen LogP contribution < -0.4 is 9.47 Å². The number of halogens is 2. The molecule has 0 amide bonds. The van der Waals surface area contributed by atoms with E-state index in [2.05, 4.69) is 17.0 Å². The average Bonchev–Trinajstić information content (AvgIpc) is 3.69. The van der Waals surface area contributed by atoms with Crippen LogP contribution in [0.2, 0.25) is 10.0 Å². The highest BCUT2D eigenvalue weighted by atomic mass is 35.5. The van der Waals surface area contributed by atoms with Crippen molar-refractivity contribution >= 4 is 23.2 Å². The summed E-state index contributed by atoms with van der Waals surface area (Å²) in [5.41, 5.74) is 3.70. The molecule has 2 spiro atoms. The number of methoxy groups -OCH3 is 2. The van der Waals surface area contributed by atoms with Crippen LogP contribution in [0.4, 0.5) is 0 Å². The van der Waals surface area contributed by atoms with E-state index in [0.717, 1.165) is 55.2 Å². The molecule has 208 valence electrons. The van der Waals surface area contributed by atoms with E-state index in [1.54, 1.807) is 7.11 Å². The van der Waals surface area contributed by atoms with Gasteiger partial charge in [-0.2, -0.15) is 0 Å². The first-order valence-corrected chi connectivity index (χ1v) is 15.4. The van der Waals surface area contributed by atoms with Gasteiger partial charge in [0.2, 0.25) is 0 Å². The summed E-state index contributed by atoms with van der Waals surface area (Å²) in [7, 11) is 3.66. The third-order valence-corrected chi connectivity index (χ3v) is 12.3. The molecular weight excluding hydrogens is 533 g/mol. The number of piperidine rings is 1. The molecule has 5 fully saturated rings. The van der Waals surface area contributed by atoms with Gasteiger partial charge in [-0.15, -0.1) is 0 Å². The standard InChI is InChI=1S/C32H37Cl2NO4/c1-36-25-8-6-21-14-26-30-9-10-32(37-2,22(15-30)18-38-17-20-5-7-23(33)24(34)13-20)29-31(30,27(21)28(25)39-29)11-12-35(26)16-19-3-4-19/h5-8,13,19,22,26,29H,3-4,9-12,14-18H2,1-2H3/t22-,26-,29-,30?,31?,32-/m1/s1. The second-order valence-electron chi connectivity index (χ2n) is 13.0. The molecule has 5 nitrogen and oxygen atoms in total. The van der Waals surface area contributed by atoms with Crippen LogP contribution in [-0.2, 0) is 27.9 Å². The first kappa shape index (κ1) is 25.2. The molecule has 0 radical (unpaired) electrons. The minimum Gasteiger partial charge on any atom is -0.493 e. The van der Waals surface area contributed by atoms with Gasteiger partial charge in [0.1, 0.15) is 11.7 Å². The predicted molar refractivity (Wildman–Crippen MR) is 151 cm³/mol. The molecule has 9 rings (SSSR count). The van der Waals surface area contributed by atoms with Gasteiger partial charge >= 0.3 is 0 Å². The van der Waals surface area contributed by atoms with Crippen molar-refractivity contribution in [3.63, 3.8) is 0 Å². The Hall–Kier alpha value is -1.50. The molecule has 2 unspecified atom stereocenters. The van der Waals surface area contributed by atoms with Crippen molar-refractivity contribution in [3.8, 4) is 11.5 Å². The van der Waals surface area contributed by atoms with Gasteiger partial charge in [-0.1, -0.05) is 35.3 Å². The fraction of sp³-hybridized carbons (Fsp3) is 0.625. The van der Waals surface area contributed by atoms with Crippen LogP contribution in [0.5, 0.6) is 11.5 Å². The Bertz CT molecular complexity index is 1330. The quantitative estimate of drug-likeness (QED) is 0.365. The van der Waals surface area contributed by atoms with Crippen LogP contribution >= 0.6 is 23.2 Å². The van der Waals surface area contributed by atoms with Crippen molar-refractivity contribution in [3.05, 3.63) is 57.1 Å². The minimum absolute atomic E-state index is 0.0213. The largest absolute Gasteiger partial charge is 0.493 e. The topological polar surface area (TPSA) is 40.2 Å². The lowest BCUT2D eigenvalue weighted by Crippen LogP contribution is -2.81. The summed E-state index contributed by atoms with van der Waals surface area (Å²) >= 11 is 12.4. The molecule has 2 aromatic rings. The molecule has 2 heterocycles. The fourth-order valence-corrected chi connectivity index (χ4v) is 10.2. The second kappa shape index (κ2) is 8.75. The smallest absolute Gasteiger partial charge is 0.165 e. The first-order valence-electron chi connectivity index (χ1n) is 14.6. The van der Waals surface area contributed by atoms with E-state index < -0.39 is 0 Å². The van der Waals surface area contributed by atoms with E-state index >= 15 is 0 Å². The molecule has 4 saturated carbocycles. The molecule has 6 atom stereocenters. The van der Waals surface area contributed by atoms with E-state index in [1.807, 2.05) is 25.3 Å². The van der Waals surface area contributed by atoms with E-state index in [9.17, 15) is 0 Å². The van der Waals surface area contributed by atoms with E-state index in [0.29, 0.717) is 29.3 Å². The molecular formula is C32H37Cl2NO4. The van der Waals surface area contributed by atoms with Gasteiger partial charge in [-0.3, -0.25) is 4.90 Å². The Labute approximate surface area is 241 Å². The summed E-state index contributed by atoms with van der Waals surface area (Å²) in [6.07, 6.45) is 8.31. The number of benzene rings is 2. The monoisotopic (exact) mass is 569 g/mol. The predicted octanol–water partition coefficient (Wildman–Crippen LogP) is 6.44. The Morgan fingerprint density at radius 2 is 1.92 bits per heavy atom. The summed E-state index contributed by atoms with van der Waals surface area (Å²) in [4.78, 5) is 2.88. The summed E-state index contributed by atoms with van der Waals surface area (Å²) in [5.74, 6) is 2.99. The van der Waals surface area contributed by atoms with E-state index in [-0.39, 0.29) is 28.5 Å². The normalized spacial score (nSPS) is 37.5. The zero-order valence-electron chi connectivity index (χ0n) is 22.8. The Morgan fingerprint density at radius 3 is 2.69 bits per heavy atom. The molecule has 7 aliphatic rings. The van der Waals surface area contributed by atoms with Crippen LogP contribution in [-0.4, -0.2) is 56.6 Å². The molecule has 2 aliphatic heterocycles. The number of likely N-dealkylation sites (tertiary alicyclic amines) is 1. The van der Waals surface area contributed by atoms with E-state index in [1.165, 1.54) is 36.9 Å². The molecule has 2 aromatic carbocycles. The number of rotatable bonds is 8. The lowest BCUT2D eigenvalue weighted by Gasteiger charge is -2.74.